The van der Waals surface area contributed by atoms with Crippen molar-refractivity contribution in [3.63, 3.8) is 0 Å². The lowest BCUT2D eigenvalue weighted by Crippen LogP contribution is -2.43. The van der Waals surface area contributed by atoms with Gasteiger partial charge in [-0.2, -0.15) is 0 Å². The third-order valence-corrected chi connectivity index (χ3v) is 4.61. The van der Waals surface area contributed by atoms with Crippen LogP contribution in [0.3, 0.4) is 0 Å². The van der Waals surface area contributed by atoms with Crippen molar-refractivity contribution >= 4 is 23.2 Å². The summed E-state index contributed by atoms with van der Waals surface area (Å²) < 4.78 is 0. The Hall–Kier alpha value is -1.56. The zero-order valence-corrected chi connectivity index (χ0v) is 16.4. The molecular weight excluding hydrogens is 320 g/mol. The number of hydrogen-bond acceptors (Lipinski definition) is 3. The van der Waals surface area contributed by atoms with Crippen LogP contribution in [0.25, 0.3) is 0 Å². The molecule has 6 heteroatoms. The van der Waals surface area contributed by atoms with Crippen molar-refractivity contribution in [2.24, 2.45) is 10.9 Å². The van der Waals surface area contributed by atoms with Crippen LogP contribution >= 0.6 is 11.3 Å². The second-order valence-corrected chi connectivity index (χ2v) is 7.76. The average molecular weight is 353 g/mol. The Balaban J connectivity index is 2.53. The van der Waals surface area contributed by atoms with Gasteiger partial charge in [0.2, 0.25) is 5.91 Å². The van der Waals surface area contributed by atoms with E-state index < -0.39 is 0 Å². The van der Waals surface area contributed by atoms with Crippen LogP contribution in [-0.2, 0) is 11.2 Å². The highest BCUT2D eigenvalue weighted by molar-refractivity contribution is 7.09. The molecule has 0 spiro atoms. The number of thiophene rings is 1. The Morgan fingerprint density at radius 3 is 2.62 bits per heavy atom. The van der Waals surface area contributed by atoms with E-state index in [4.69, 9.17) is 0 Å². The van der Waals surface area contributed by atoms with Gasteiger partial charge in [-0.3, -0.25) is 4.79 Å². The molecule has 0 aromatic carbocycles. The van der Waals surface area contributed by atoms with E-state index in [1.807, 2.05) is 0 Å². The van der Waals surface area contributed by atoms with Crippen molar-refractivity contribution in [1.82, 2.24) is 15.5 Å². The first-order chi connectivity index (χ1) is 11.4. The molecule has 0 radical (unpaired) electrons. The van der Waals surface area contributed by atoms with Crippen LogP contribution in [0.2, 0.25) is 0 Å². The number of amides is 1. The van der Waals surface area contributed by atoms with E-state index in [0.717, 1.165) is 25.3 Å². The lowest BCUT2D eigenvalue weighted by Gasteiger charge is -2.19. The predicted octanol–water partition coefficient (Wildman–Crippen LogP) is 2.74. The lowest BCUT2D eigenvalue weighted by atomic mass is 10.0. The summed E-state index contributed by atoms with van der Waals surface area (Å²) in [6.45, 7) is 7.59. The second kappa shape index (κ2) is 11.1. The van der Waals surface area contributed by atoms with Gasteiger partial charge in [-0.05, 0) is 43.6 Å². The zero-order valence-electron chi connectivity index (χ0n) is 15.6. The molecule has 0 fully saturated rings. The molecule has 24 heavy (non-hydrogen) atoms. The third-order valence-electron chi connectivity index (χ3n) is 3.68. The minimum Gasteiger partial charge on any atom is -0.356 e. The van der Waals surface area contributed by atoms with Crippen molar-refractivity contribution in [3.05, 3.63) is 22.4 Å². The molecular formula is C18H32N4OS. The molecule has 1 amide bonds. The first kappa shape index (κ1) is 20.5. The minimum atomic E-state index is 0.00388. The van der Waals surface area contributed by atoms with Crippen LogP contribution in [0, 0.1) is 5.92 Å². The van der Waals surface area contributed by atoms with Crippen LogP contribution < -0.4 is 10.6 Å². The van der Waals surface area contributed by atoms with Crippen molar-refractivity contribution in [3.8, 4) is 0 Å². The number of nitrogens with zero attached hydrogens (tertiary/aromatic N) is 2. The number of hydrogen-bond donors (Lipinski definition) is 2. The maximum absolute atomic E-state index is 11.8. The van der Waals surface area contributed by atoms with Gasteiger partial charge < -0.3 is 15.5 Å². The standard InChI is InChI=1S/C18H32N4OS/c1-14(2)8-9-15(3)21-18(20-13-17(23)22(4)5)19-11-10-16-7-6-12-24-16/h6-7,12,14-15H,8-11,13H2,1-5H3,(H2,19,20,21). The molecule has 1 heterocycles. The fourth-order valence-corrected chi connectivity index (χ4v) is 2.80. The molecule has 0 saturated heterocycles. The van der Waals surface area contributed by atoms with Crippen LogP contribution in [0.4, 0.5) is 0 Å². The summed E-state index contributed by atoms with van der Waals surface area (Å²) in [7, 11) is 3.50. The van der Waals surface area contributed by atoms with Gasteiger partial charge in [0.1, 0.15) is 6.54 Å². The van der Waals surface area contributed by atoms with Crippen molar-refractivity contribution in [2.75, 3.05) is 27.2 Å². The van der Waals surface area contributed by atoms with Crippen molar-refractivity contribution in [2.45, 2.75) is 46.1 Å². The van der Waals surface area contributed by atoms with Gasteiger partial charge >= 0.3 is 0 Å². The molecule has 1 rings (SSSR count). The summed E-state index contributed by atoms with van der Waals surface area (Å²) in [5, 5.41) is 8.85. The van der Waals surface area contributed by atoms with E-state index in [-0.39, 0.29) is 12.5 Å². The summed E-state index contributed by atoms with van der Waals surface area (Å²) >= 11 is 1.76. The summed E-state index contributed by atoms with van der Waals surface area (Å²) in [6, 6.07) is 4.53. The van der Waals surface area contributed by atoms with Gasteiger partial charge in [-0.1, -0.05) is 19.9 Å². The number of nitrogens with one attached hydrogen (secondary N) is 2. The number of carbonyl (C=O) groups excluding carboxylic acids is 1. The van der Waals surface area contributed by atoms with Gasteiger partial charge in [0, 0.05) is 31.6 Å². The molecule has 2 N–H and O–H groups in total. The number of likely N-dealkylation sites (N-methyl/N-ethyl adjacent to an activating group) is 1. The van der Waals surface area contributed by atoms with E-state index in [2.05, 4.69) is 53.9 Å². The van der Waals surface area contributed by atoms with Gasteiger partial charge in [-0.25, -0.2) is 4.99 Å². The fraction of sp³-hybridized carbons (Fsp3) is 0.667. The molecule has 136 valence electrons. The highest BCUT2D eigenvalue weighted by Crippen LogP contribution is 2.08. The second-order valence-electron chi connectivity index (χ2n) is 6.73. The molecule has 0 aliphatic rings. The number of aliphatic imine (C=N–C) groups is 1. The summed E-state index contributed by atoms with van der Waals surface area (Å²) in [6.07, 6.45) is 3.22. The summed E-state index contributed by atoms with van der Waals surface area (Å²) in [5.41, 5.74) is 0. The Bertz CT molecular complexity index is 497. The number of rotatable bonds is 9. The molecule has 0 aliphatic heterocycles. The predicted molar refractivity (Wildman–Crippen MR) is 104 cm³/mol. The molecule has 1 unspecified atom stereocenters. The molecule has 0 aliphatic carbocycles. The molecule has 0 saturated carbocycles. The van der Waals surface area contributed by atoms with E-state index in [1.54, 1.807) is 30.3 Å². The summed E-state index contributed by atoms with van der Waals surface area (Å²) in [5.74, 6) is 1.42. The third kappa shape index (κ3) is 8.91. The Morgan fingerprint density at radius 1 is 1.29 bits per heavy atom. The number of guanidine groups is 1. The van der Waals surface area contributed by atoms with Gasteiger partial charge in [-0.15, -0.1) is 11.3 Å². The molecule has 1 aromatic heterocycles. The van der Waals surface area contributed by atoms with Gasteiger partial charge in [0.25, 0.3) is 0 Å². The molecule has 5 nitrogen and oxygen atoms in total. The Morgan fingerprint density at radius 2 is 2.04 bits per heavy atom. The van der Waals surface area contributed by atoms with E-state index >= 15 is 0 Å². The van der Waals surface area contributed by atoms with Crippen LogP contribution in [0.5, 0.6) is 0 Å². The average Bonchev–Trinajstić information content (AvgIpc) is 3.03. The van der Waals surface area contributed by atoms with E-state index in [1.165, 1.54) is 11.3 Å². The van der Waals surface area contributed by atoms with Gasteiger partial charge in [0.15, 0.2) is 5.96 Å². The van der Waals surface area contributed by atoms with Gasteiger partial charge in [0.05, 0.1) is 0 Å². The SMILES string of the molecule is CC(C)CCC(C)NC(=NCC(=O)N(C)C)NCCc1cccs1. The highest BCUT2D eigenvalue weighted by Gasteiger charge is 2.09. The largest absolute Gasteiger partial charge is 0.356 e. The topological polar surface area (TPSA) is 56.7 Å². The lowest BCUT2D eigenvalue weighted by molar-refractivity contribution is -0.127. The molecule has 1 aromatic rings. The zero-order chi connectivity index (χ0) is 17.9. The maximum atomic E-state index is 11.8. The maximum Gasteiger partial charge on any atom is 0.243 e. The first-order valence-corrected chi connectivity index (χ1v) is 9.53. The first-order valence-electron chi connectivity index (χ1n) is 8.66. The van der Waals surface area contributed by atoms with Crippen molar-refractivity contribution < 1.29 is 4.79 Å². The Kier molecular flexibility index (Phi) is 9.45. The van der Waals surface area contributed by atoms with Crippen LogP contribution in [0.1, 0.15) is 38.5 Å². The van der Waals surface area contributed by atoms with Crippen LogP contribution in [0.15, 0.2) is 22.5 Å². The minimum absolute atomic E-state index is 0.00388. The smallest absolute Gasteiger partial charge is 0.243 e. The van der Waals surface area contributed by atoms with Crippen molar-refractivity contribution in [1.29, 1.82) is 0 Å². The Labute approximate surface area is 150 Å². The normalized spacial score (nSPS) is 13.0. The quantitative estimate of drug-likeness (QED) is 0.531. The highest BCUT2D eigenvalue weighted by atomic mass is 32.1. The van der Waals surface area contributed by atoms with Crippen LogP contribution in [-0.4, -0.2) is 50.0 Å². The monoisotopic (exact) mass is 352 g/mol. The molecule has 0 bridgehead atoms. The summed E-state index contributed by atoms with van der Waals surface area (Å²) in [4.78, 5) is 19.1. The number of carbonyl (C=O) groups is 1. The molecule has 1 atom stereocenters. The van der Waals surface area contributed by atoms with E-state index in [0.29, 0.717) is 12.0 Å². The fourth-order valence-electron chi connectivity index (χ4n) is 2.09. The van der Waals surface area contributed by atoms with E-state index in [9.17, 15) is 4.79 Å².